The predicted octanol–water partition coefficient (Wildman–Crippen LogP) is 2.37. The molecule has 4 nitrogen and oxygen atoms in total. The number of hydrogen-bond acceptors (Lipinski definition) is 3. The second-order valence-corrected chi connectivity index (χ2v) is 4.59. The highest BCUT2D eigenvalue weighted by Gasteiger charge is 2.06. The minimum atomic E-state index is 0.0327. The summed E-state index contributed by atoms with van der Waals surface area (Å²) in [6, 6.07) is 11.7. The summed E-state index contributed by atoms with van der Waals surface area (Å²) in [6.07, 6.45) is 4.69. The number of pyridine rings is 1. The molecule has 0 saturated heterocycles. The van der Waals surface area contributed by atoms with Gasteiger partial charge in [-0.15, -0.1) is 0 Å². The van der Waals surface area contributed by atoms with Gasteiger partial charge in [-0.05, 0) is 42.8 Å². The van der Waals surface area contributed by atoms with E-state index < -0.39 is 0 Å². The lowest BCUT2D eigenvalue weighted by Gasteiger charge is -2.10. The molecule has 20 heavy (non-hydrogen) atoms. The minimum Gasteiger partial charge on any atom is -0.326 e. The third-order valence-electron chi connectivity index (χ3n) is 3.05. The molecular formula is C16H19N3O. The van der Waals surface area contributed by atoms with Crippen LogP contribution in [-0.2, 0) is 17.8 Å². The van der Waals surface area contributed by atoms with Crippen LogP contribution in [-0.4, -0.2) is 17.9 Å². The predicted molar refractivity (Wildman–Crippen MR) is 80.4 cm³/mol. The Morgan fingerprint density at radius 2 is 1.90 bits per heavy atom. The smallest absolute Gasteiger partial charge is 0.224 e. The Balaban J connectivity index is 1.91. The zero-order valence-electron chi connectivity index (χ0n) is 11.6. The highest BCUT2D eigenvalue weighted by molar-refractivity contribution is 5.91. The fraction of sp³-hybridized carbons (Fsp3) is 0.250. The largest absolute Gasteiger partial charge is 0.326 e. The first-order chi connectivity index (χ1) is 9.79. The van der Waals surface area contributed by atoms with Gasteiger partial charge in [0.25, 0.3) is 0 Å². The van der Waals surface area contributed by atoms with Gasteiger partial charge >= 0.3 is 0 Å². The molecule has 0 bridgehead atoms. The monoisotopic (exact) mass is 269 g/mol. The van der Waals surface area contributed by atoms with E-state index in [1.807, 2.05) is 43.4 Å². The Morgan fingerprint density at radius 1 is 1.15 bits per heavy atom. The molecule has 0 radical (unpaired) electrons. The Labute approximate surface area is 119 Å². The fourth-order valence-electron chi connectivity index (χ4n) is 2.01. The zero-order valence-corrected chi connectivity index (χ0v) is 11.6. The lowest BCUT2D eigenvalue weighted by molar-refractivity contribution is -0.116. The van der Waals surface area contributed by atoms with Gasteiger partial charge in [0.2, 0.25) is 5.91 Å². The summed E-state index contributed by atoms with van der Waals surface area (Å²) in [5.74, 6) is 0.0327. The van der Waals surface area contributed by atoms with E-state index in [1.165, 1.54) is 0 Å². The van der Waals surface area contributed by atoms with Crippen molar-refractivity contribution >= 4 is 11.6 Å². The quantitative estimate of drug-likeness (QED) is 0.846. The van der Waals surface area contributed by atoms with Crippen LogP contribution in [0.4, 0.5) is 5.69 Å². The molecule has 0 aliphatic heterocycles. The van der Waals surface area contributed by atoms with Crippen molar-refractivity contribution in [2.24, 2.45) is 0 Å². The number of aryl methyl sites for hydroxylation is 1. The highest BCUT2D eigenvalue weighted by atomic mass is 16.1. The molecule has 0 aliphatic rings. The molecule has 104 valence electrons. The number of carbonyl (C=O) groups is 1. The molecule has 2 N–H and O–H groups in total. The molecule has 0 spiro atoms. The molecule has 2 rings (SSSR count). The highest BCUT2D eigenvalue weighted by Crippen LogP contribution is 2.15. The topological polar surface area (TPSA) is 54.0 Å². The molecule has 0 atom stereocenters. The van der Waals surface area contributed by atoms with Gasteiger partial charge in [-0.25, -0.2) is 0 Å². The molecule has 4 heteroatoms. The average molecular weight is 269 g/mol. The van der Waals surface area contributed by atoms with Gasteiger partial charge in [0, 0.05) is 31.0 Å². The minimum absolute atomic E-state index is 0.0327. The van der Waals surface area contributed by atoms with E-state index in [4.69, 9.17) is 0 Å². The molecule has 0 fully saturated rings. The number of nitrogens with zero attached hydrogens (tertiary/aromatic N) is 1. The van der Waals surface area contributed by atoms with Crippen LogP contribution in [0, 0.1) is 0 Å². The Kier molecular flexibility index (Phi) is 5.26. The molecule has 1 heterocycles. The van der Waals surface area contributed by atoms with Crippen LogP contribution < -0.4 is 10.6 Å². The van der Waals surface area contributed by atoms with Gasteiger partial charge < -0.3 is 10.6 Å². The molecule has 0 saturated carbocycles. The lowest BCUT2D eigenvalue weighted by atomic mass is 10.1. The summed E-state index contributed by atoms with van der Waals surface area (Å²) >= 11 is 0. The Hall–Kier alpha value is -2.20. The summed E-state index contributed by atoms with van der Waals surface area (Å²) in [5, 5.41) is 6.07. The first-order valence-electron chi connectivity index (χ1n) is 6.71. The summed E-state index contributed by atoms with van der Waals surface area (Å²) < 4.78 is 0. The number of hydrogen-bond donors (Lipinski definition) is 2. The van der Waals surface area contributed by atoms with Crippen LogP contribution >= 0.6 is 0 Å². The van der Waals surface area contributed by atoms with E-state index in [9.17, 15) is 4.79 Å². The summed E-state index contributed by atoms with van der Waals surface area (Å²) in [6.45, 7) is 0.737. The van der Waals surface area contributed by atoms with Crippen molar-refractivity contribution in [3.05, 3.63) is 59.9 Å². The zero-order chi connectivity index (χ0) is 14.2. The van der Waals surface area contributed by atoms with Gasteiger partial charge in [-0.3, -0.25) is 9.78 Å². The van der Waals surface area contributed by atoms with Crippen molar-refractivity contribution in [2.45, 2.75) is 19.4 Å². The first kappa shape index (κ1) is 14.2. The van der Waals surface area contributed by atoms with Gasteiger partial charge in [0.15, 0.2) is 0 Å². The third-order valence-corrected chi connectivity index (χ3v) is 3.05. The summed E-state index contributed by atoms with van der Waals surface area (Å²) in [7, 11) is 1.89. The average Bonchev–Trinajstić information content (AvgIpc) is 2.49. The van der Waals surface area contributed by atoms with E-state index in [1.54, 1.807) is 12.4 Å². The third kappa shape index (κ3) is 4.17. The Morgan fingerprint density at radius 3 is 2.65 bits per heavy atom. The number of aromatic nitrogens is 1. The number of para-hydroxylation sites is 1. The van der Waals surface area contributed by atoms with Crippen LogP contribution in [0.1, 0.15) is 17.5 Å². The maximum absolute atomic E-state index is 12.0. The van der Waals surface area contributed by atoms with Crippen molar-refractivity contribution in [1.29, 1.82) is 0 Å². The number of amides is 1. The first-order valence-corrected chi connectivity index (χ1v) is 6.71. The molecule has 1 aromatic heterocycles. The maximum atomic E-state index is 12.0. The van der Waals surface area contributed by atoms with E-state index >= 15 is 0 Å². The summed E-state index contributed by atoms with van der Waals surface area (Å²) in [5.41, 5.74) is 3.09. The van der Waals surface area contributed by atoms with E-state index in [0.29, 0.717) is 6.42 Å². The molecule has 0 unspecified atom stereocenters. The maximum Gasteiger partial charge on any atom is 0.224 e. The van der Waals surface area contributed by atoms with Crippen molar-refractivity contribution in [1.82, 2.24) is 10.3 Å². The number of rotatable bonds is 6. The molecule has 2 aromatic rings. The number of carbonyl (C=O) groups excluding carboxylic acids is 1. The number of anilines is 1. The van der Waals surface area contributed by atoms with Crippen LogP contribution in [0.15, 0.2) is 48.8 Å². The van der Waals surface area contributed by atoms with Gasteiger partial charge in [0.05, 0.1) is 0 Å². The van der Waals surface area contributed by atoms with Crippen LogP contribution in [0.2, 0.25) is 0 Å². The number of nitrogens with one attached hydrogen (secondary N) is 2. The van der Waals surface area contributed by atoms with Crippen molar-refractivity contribution in [3.8, 4) is 0 Å². The van der Waals surface area contributed by atoms with E-state index in [2.05, 4.69) is 15.6 Å². The van der Waals surface area contributed by atoms with Crippen LogP contribution in [0.25, 0.3) is 0 Å². The standard InChI is InChI=1S/C16H19N3O/c1-17-12-14-4-2-3-5-15(14)19-16(20)7-6-13-8-10-18-11-9-13/h2-5,8-11,17H,6-7,12H2,1H3,(H,19,20). The summed E-state index contributed by atoms with van der Waals surface area (Å²) in [4.78, 5) is 16.0. The van der Waals surface area contributed by atoms with E-state index in [0.717, 1.165) is 29.8 Å². The Bertz CT molecular complexity index is 555. The van der Waals surface area contributed by atoms with Crippen molar-refractivity contribution in [2.75, 3.05) is 12.4 Å². The second-order valence-electron chi connectivity index (χ2n) is 4.59. The lowest BCUT2D eigenvalue weighted by Crippen LogP contribution is -2.15. The number of benzene rings is 1. The molecule has 1 amide bonds. The van der Waals surface area contributed by atoms with Gasteiger partial charge in [-0.1, -0.05) is 18.2 Å². The van der Waals surface area contributed by atoms with E-state index in [-0.39, 0.29) is 5.91 Å². The normalized spacial score (nSPS) is 10.2. The molecule has 1 aromatic carbocycles. The van der Waals surface area contributed by atoms with Crippen molar-refractivity contribution < 1.29 is 4.79 Å². The molecule has 0 aliphatic carbocycles. The van der Waals surface area contributed by atoms with Crippen LogP contribution in [0.3, 0.4) is 0 Å². The van der Waals surface area contributed by atoms with Gasteiger partial charge in [0.1, 0.15) is 0 Å². The van der Waals surface area contributed by atoms with Crippen molar-refractivity contribution in [3.63, 3.8) is 0 Å². The van der Waals surface area contributed by atoms with Crippen LogP contribution in [0.5, 0.6) is 0 Å². The SMILES string of the molecule is CNCc1ccccc1NC(=O)CCc1ccncc1. The fourth-order valence-corrected chi connectivity index (χ4v) is 2.01. The van der Waals surface area contributed by atoms with Gasteiger partial charge in [-0.2, -0.15) is 0 Å². The molecular weight excluding hydrogens is 250 g/mol. The second kappa shape index (κ2) is 7.40.